The van der Waals surface area contributed by atoms with Gasteiger partial charge in [0.05, 0.1) is 30.0 Å². The van der Waals surface area contributed by atoms with Gasteiger partial charge in [-0.2, -0.15) is 0 Å². The smallest absolute Gasteiger partial charge is 0.344 e. The van der Waals surface area contributed by atoms with Crippen LogP contribution in [-0.4, -0.2) is 82.9 Å². The number of phenolic OH excluding ortho intramolecular Hbond substituents is 1. The van der Waals surface area contributed by atoms with E-state index in [0.717, 1.165) is 26.4 Å². The van der Waals surface area contributed by atoms with Gasteiger partial charge in [0.2, 0.25) is 17.3 Å². The first-order valence-electron chi connectivity index (χ1n) is 14.8. The van der Waals surface area contributed by atoms with Crippen molar-refractivity contribution in [3.8, 4) is 11.5 Å². The zero-order valence-electron chi connectivity index (χ0n) is 26.3. The molecule has 3 aliphatic carbocycles. The lowest BCUT2D eigenvalue weighted by atomic mass is 9.56. The molecule has 3 aromatic carbocycles. The molecule has 0 spiro atoms. The summed E-state index contributed by atoms with van der Waals surface area (Å²) in [7, 11) is 1.99. The fourth-order valence-electron chi connectivity index (χ4n) is 6.90. The Morgan fingerprint density at radius 2 is 1.69 bits per heavy atom. The average molecular weight is 672 g/mol. The summed E-state index contributed by atoms with van der Waals surface area (Å²) in [5.41, 5.74) is -3.49. The third kappa shape index (κ3) is 4.59. The molecule has 49 heavy (non-hydrogen) atoms. The van der Waals surface area contributed by atoms with E-state index in [-0.39, 0.29) is 23.3 Å². The van der Waals surface area contributed by atoms with Crippen LogP contribution in [0.2, 0.25) is 0 Å². The number of allylic oxidation sites excluding steroid dienone is 2. The van der Waals surface area contributed by atoms with Crippen molar-refractivity contribution in [2.75, 3.05) is 20.8 Å². The minimum atomic E-state index is -3.22. The SMILES string of the molecule is COC(=O)c1c(C)cc2c(c1OCC(=O)OCc1ccccc1)[C@]1(O)C(=O)c3cc4c(c(O)c3C(=O)[C@]1(OC)C(O)C2)C(=O)C=C(N)C4=O. The molecule has 0 fully saturated rings. The quantitative estimate of drug-likeness (QED) is 0.261. The number of hydrogen-bond donors (Lipinski definition) is 4. The van der Waals surface area contributed by atoms with Crippen LogP contribution in [0.3, 0.4) is 0 Å². The number of aryl methyl sites for hydroxylation is 1. The van der Waals surface area contributed by atoms with E-state index in [9.17, 15) is 44.1 Å². The first-order chi connectivity index (χ1) is 23.2. The maximum absolute atomic E-state index is 14.7. The van der Waals surface area contributed by atoms with Gasteiger partial charge in [0, 0.05) is 36.3 Å². The molecule has 1 unspecified atom stereocenters. The van der Waals surface area contributed by atoms with Crippen LogP contribution in [0.15, 0.2) is 54.2 Å². The highest BCUT2D eigenvalue weighted by Gasteiger charge is 2.72. The van der Waals surface area contributed by atoms with Gasteiger partial charge in [0.25, 0.3) is 0 Å². The lowest BCUT2D eigenvalue weighted by Gasteiger charge is -2.53. The van der Waals surface area contributed by atoms with E-state index < -0.39 is 110 Å². The number of ether oxygens (including phenoxy) is 4. The van der Waals surface area contributed by atoms with Crippen molar-refractivity contribution in [1.29, 1.82) is 0 Å². The molecule has 3 aliphatic rings. The summed E-state index contributed by atoms with van der Waals surface area (Å²) in [5, 5.41) is 35.5. The van der Waals surface area contributed by atoms with E-state index in [2.05, 4.69) is 0 Å². The molecule has 0 amide bonds. The number of aromatic hydroxyl groups is 1. The summed E-state index contributed by atoms with van der Waals surface area (Å²) < 4.78 is 21.6. The molecule has 0 radical (unpaired) electrons. The van der Waals surface area contributed by atoms with E-state index in [1.54, 1.807) is 30.3 Å². The molecular weight excluding hydrogens is 642 g/mol. The van der Waals surface area contributed by atoms with Gasteiger partial charge in [-0.25, -0.2) is 9.59 Å². The molecule has 5 N–H and O–H groups in total. The Bertz CT molecular complexity index is 2050. The molecule has 14 heteroatoms. The van der Waals surface area contributed by atoms with Gasteiger partial charge in [-0.1, -0.05) is 36.4 Å². The van der Waals surface area contributed by atoms with Crippen molar-refractivity contribution in [2.24, 2.45) is 5.73 Å². The highest BCUT2D eigenvalue weighted by molar-refractivity contribution is 6.30. The Morgan fingerprint density at radius 3 is 2.35 bits per heavy atom. The van der Waals surface area contributed by atoms with E-state index in [4.69, 9.17) is 24.7 Å². The maximum atomic E-state index is 14.7. The monoisotopic (exact) mass is 671 g/mol. The van der Waals surface area contributed by atoms with Crippen LogP contribution in [-0.2, 0) is 37.6 Å². The second-order valence-electron chi connectivity index (χ2n) is 11.7. The first-order valence-corrected chi connectivity index (χ1v) is 14.8. The van der Waals surface area contributed by atoms with E-state index in [0.29, 0.717) is 5.56 Å². The zero-order chi connectivity index (χ0) is 35.6. The summed E-state index contributed by atoms with van der Waals surface area (Å²) in [5.74, 6) is -8.05. The standard InChI is InChI=1S/C35H29NO13/c1-15-9-17-10-22(38)35(47-3)32(43)26-19(11-18-25(29(26)41)21(37)12-20(36)28(18)40)31(42)34(35,45)27(17)30(24(15)33(44)46-2)49-14-23(39)48-13-16-7-5-4-6-8-16/h4-9,11-12,22,38,41,45H,10,13-14,36H2,1-3H3/t22?,34-,35+/m0/s1. The van der Waals surface area contributed by atoms with Crippen molar-refractivity contribution in [2.45, 2.75) is 37.3 Å². The number of aliphatic hydroxyl groups excluding tert-OH is 1. The van der Waals surface area contributed by atoms with Crippen molar-refractivity contribution in [1.82, 2.24) is 0 Å². The molecule has 3 aromatic rings. The minimum Gasteiger partial charge on any atom is -0.506 e. The van der Waals surface area contributed by atoms with Crippen LogP contribution < -0.4 is 10.5 Å². The number of aliphatic hydroxyl groups is 2. The van der Waals surface area contributed by atoms with E-state index >= 15 is 0 Å². The van der Waals surface area contributed by atoms with Crippen LogP contribution >= 0.6 is 0 Å². The van der Waals surface area contributed by atoms with Crippen LogP contribution in [0.1, 0.15) is 74.0 Å². The number of benzene rings is 3. The number of rotatable bonds is 7. The number of hydrogen-bond acceptors (Lipinski definition) is 14. The summed E-state index contributed by atoms with van der Waals surface area (Å²) in [6, 6.07) is 10.9. The van der Waals surface area contributed by atoms with Gasteiger partial charge in [-0.05, 0) is 29.7 Å². The number of esters is 2. The molecule has 0 heterocycles. The predicted octanol–water partition coefficient (Wildman–Crippen LogP) is 1.40. The van der Waals surface area contributed by atoms with Crippen molar-refractivity contribution in [3.05, 3.63) is 104 Å². The fraction of sp³-hybridized carbons (Fsp3) is 0.257. The van der Waals surface area contributed by atoms with Gasteiger partial charge >= 0.3 is 11.9 Å². The zero-order valence-corrected chi connectivity index (χ0v) is 26.3. The summed E-state index contributed by atoms with van der Waals surface area (Å²) in [6.07, 6.45) is -1.67. The molecule has 6 rings (SSSR count). The average Bonchev–Trinajstić information content (AvgIpc) is 3.07. The van der Waals surface area contributed by atoms with Crippen molar-refractivity contribution >= 4 is 35.1 Å². The van der Waals surface area contributed by atoms with Gasteiger partial charge in [-0.15, -0.1) is 0 Å². The summed E-state index contributed by atoms with van der Waals surface area (Å²) >= 11 is 0. The molecule has 0 bridgehead atoms. The van der Waals surface area contributed by atoms with E-state index in [1.165, 1.54) is 13.0 Å². The van der Waals surface area contributed by atoms with Crippen LogP contribution in [0.5, 0.6) is 11.5 Å². The topological polar surface area (TPSA) is 226 Å². The molecule has 0 aliphatic heterocycles. The lowest BCUT2D eigenvalue weighted by molar-refractivity contribution is -0.181. The normalized spacial score (nSPS) is 22.3. The Labute approximate surface area is 277 Å². The van der Waals surface area contributed by atoms with Gasteiger partial charge in [0.1, 0.15) is 23.7 Å². The highest BCUT2D eigenvalue weighted by atomic mass is 16.6. The second-order valence-corrected chi connectivity index (χ2v) is 11.7. The largest absolute Gasteiger partial charge is 0.506 e. The number of carbonyl (C=O) groups is 6. The highest BCUT2D eigenvalue weighted by Crippen LogP contribution is 2.57. The molecule has 0 aromatic heterocycles. The number of carbonyl (C=O) groups excluding carboxylic acids is 6. The molecule has 14 nitrogen and oxygen atoms in total. The molecule has 0 saturated carbocycles. The third-order valence-electron chi connectivity index (χ3n) is 9.11. The van der Waals surface area contributed by atoms with Crippen LogP contribution in [0.4, 0.5) is 0 Å². The Balaban J connectivity index is 1.57. The van der Waals surface area contributed by atoms with Crippen molar-refractivity contribution < 1.29 is 63.0 Å². The van der Waals surface area contributed by atoms with Gasteiger partial charge in [-0.3, -0.25) is 19.2 Å². The Morgan fingerprint density at radius 1 is 1.00 bits per heavy atom. The summed E-state index contributed by atoms with van der Waals surface area (Å²) in [6.45, 7) is 0.510. The van der Waals surface area contributed by atoms with Gasteiger partial charge < -0.3 is 40.0 Å². The molecular formula is C35H29NO13. The Kier molecular flexibility index (Phi) is 7.98. The number of nitrogens with two attached hydrogens (primary N) is 1. The van der Waals surface area contributed by atoms with Crippen molar-refractivity contribution in [3.63, 3.8) is 0 Å². The number of phenols is 1. The molecule has 252 valence electrons. The fourth-order valence-corrected chi connectivity index (χ4v) is 6.90. The number of fused-ring (bicyclic) bond motifs is 5. The minimum absolute atomic E-state index is 0.0331. The summed E-state index contributed by atoms with van der Waals surface area (Å²) in [4.78, 5) is 81.0. The Hall–Kier alpha value is -5.70. The van der Waals surface area contributed by atoms with Gasteiger partial charge in [0.15, 0.2) is 23.6 Å². The second kappa shape index (κ2) is 11.8. The number of Topliss-reactive ketones (excluding diaryl/α,β-unsaturated/α-hetero) is 3. The lowest BCUT2D eigenvalue weighted by Crippen LogP contribution is -2.73. The molecule has 0 saturated heterocycles. The molecule has 3 atom stereocenters. The maximum Gasteiger partial charge on any atom is 0.344 e. The number of ketones is 4. The van der Waals surface area contributed by atoms with E-state index in [1.807, 2.05) is 0 Å². The first kappa shape index (κ1) is 33.2. The predicted molar refractivity (Wildman–Crippen MR) is 165 cm³/mol. The number of methoxy groups -OCH3 is 2. The third-order valence-corrected chi connectivity index (χ3v) is 9.11. The van der Waals surface area contributed by atoms with Crippen LogP contribution in [0, 0.1) is 6.92 Å². The van der Waals surface area contributed by atoms with Crippen LogP contribution in [0.25, 0.3) is 0 Å².